The minimum atomic E-state index is -0.0703. The van der Waals surface area contributed by atoms with Crippen molar-refractivity contribution >= 4 is 12.0 Å². The fourth-order valence-electron chi connectivity index (χ4n) is 3.33. The first-order valence-corrected chi connectivity index (χ1v) is 10.1. The summed E-state index contributed by atoms with van der Waals surface area (Å²) in [6.07, 6.45) is 6.47. The highest BCUT2D eigenvalue weighted by molar-refractivity contribution is 5.73. The maximum atomic E-state index is 11.8. The zero-order valence-corrected chi connectivity index (χ0v) is 16.4. The molecule has 0 aliphatic carbocycles. The number of benzene rings is 1. The second-order valence-electron chi connectivity index (χ2n) is 7.00. The molecule has 2 N–H and O–H groups in total. The highest BCUT2D eigenvalue weighted by Gasteiger charge is 2.18. The molecule has 1 aromatic carbocycles. The standard InChI is InChI=1S/C21H30N6O/c28-21(24-10-4-9-19-7-2-1-3-8-19)25-13-6-14-26-15-17-27(18-16-26)20-22-11-5-12-23-20/h1-3,5,7-8,11-12H,4,6,9-10,13-18H2,(H2,24,25,28). The van der Waals surface area contributed by atoms with E-state index in [0.29, 0.717) is 13.1 Å². The maximum Gasteiger partial charge on any atom is 0.314 e. The summed E-state index contributed by atoms with van der Waals surface area (Å²) in [5.74, 6) is 0.813. The van der Waals surface area contributed by atoms with Crippen molar-refractivity contribution in [2.75, 3.05) is 50.7 Å². The molecular weight excluding hydrogens is 352 g/mol. The molecule has 3 rings (SSSR count). The molecule has 0 radical (unpaired) electrons. The molecule has 1 saturated heterocycles. The van der Waals surface area contributed by atoms with Gasteiger partial charge < -0.3 is 15.5 Å². The largest absolute Gasteiger partial charge is 0.338 e. The van der Waals surface area contributed by atoms with E-state index in [4.69, 9.17) is 0 Å². The summed E-state index contributed by atoms with van der Waals surface area (Å²) in [7, 11) is 0. The van der Waals surface area contributed by atoms with Crippen LogP contribution >= 0.6 is 0 Å². The van der Waals surface area contributed by atoms with Crippen molar-refractivity contribution in [3.05, 3.63) is 54.4 Å². The Kier molecular flexibility index (Phi) is 8.06. The number of aromatic nitrogens is 2. The molecule has 2 amide bonds. The number of carbonyl (C=O) groups is 1. The van der Waals surface area contributed by atoms with Gasteiger partial charge in [-0.2, -0.15) is 0 Å². The number of piperazine rings is 1. The Bertz CT molecular complexity index is 689. The second kappa shape index (κ2) is 11.2. The number of hydrogen-bond acceptors (Lipinski definition) is 5. The van der Waals surface area contributed by atoms with E-state index in [9.17, 15) is 4.79 Å². The number of hydrogen-bond donors (Lipinski definition) is 2. The second-order valence-corrected chi connectivity index (χ2v) is 7.00. The zero-order chi connectivity index (χ0) is 19.4. The number of nitrogens with zero attached hydrogens (tertiary/aromatic N) is 4. The van der Waals surface area contributed by atoms with E-state index in [2.05, 4.69) is 42.5 Å². The van der Waals surface area contributed by atoms with Gasteiger partial charge in [0, 0.05) is 51.7 Å². The lowest BCUT2D eigenvalue weighted by Gasteiger charge is -2.34. The predicted molar refractivity (Wildman–Crippen MR) is 111 cm³/mol. The first-order valence-electron chi connectivity index (χ1n) is 10.1. The molecule has 2 heterocycles. The van der Waals surface area contributed by atoms with E-state index in [-0.39, 0.29) is 6.03 Å². The molecule has 0 spiro atoms. The highest BCUT2D eigenvalue weighted by atomic mass is 16.2. The first kappa shape index (κ1) is 20.1. The third-order valence-corrected chi connectivity index (χ3v) is 4.91. The molecule has 0 unspecified atom stereocenters. The monoisotopic (exact) mass is 382 g/mol. The molecular formula is C21H30N6O. The van der Waals surface area contributed by atoms with Crippen LogP contribution in [0.1, 0.15) is 18.4 Å². The molecule has 7 heteroatoms. The van der Waals surface area contributed by atoms with Crippen molar-refractivity contribution in [3.63, 3.8) is 0 Å². The Hall–Kier alpha value is -2.67. The van der Waals surface area contributed by atoms with Gasteiger partial charge in [-0.3, -0.25) is 4.90 Å². The number of rotatable bonds is 9. The third-order valence-electron chi connectivity index (χ3n) is 4.91. The van der Waals surface area contributed by atoms with E-state index < -0.39 is 0 Å². The van der Waals surface area contributed by atoms with Crippen LogP contribution in [0.2, 0.25) is 0 Å². The normalized spacial score (nSPS) is 14.6. The van der Waals surface area contributed by atoms with Gasteiger partial charge in [-0.05, 0) is 37.4 Å². The molecule has 1 aromatic heterocycles. The van der Waals surface area contributed by atoms with Crippen LogP contribution in [0.4, 0.5) is 10.7 Å². The highest BCUT2D eigenvalue weighted by Crippen LogP contribution is 2.09. The summed E-state index contributed by atoms with van der Waals surface area (Å²) in [5.41, 5.74) is 1.31. The summed E-state index contributed by atoms with van der Waals surface area (Å²) < 4.78 is 0. The molecule has 1 aliphatic rings. The van der Waals surface area contributed by atoms with Crippen LogP contribution in [0, 0.1) is 0 Å². The number of anilines is 1. The predicted octanol–water partition coefficient (Wildman–Crippen LogP) is 1.92. The summed E-state index contributed by atoms with van der Waals surface area (Å²) >= 11 is 0. The molecule has 1 fully saturated rings. The van der Waals surface area contributed by atoms with E-state index in [0.717, 1.165) is 57.9 Å². The van der Waals surface area contributed by atoms with Crippen LogP contribution in [0.15, 0.2) is 48.8 Å². The minimum absolute atomic E-state index is 0.0703. The number of carbonyl (C=O) groups excluding carboxylic acids is 1. The molecule has 1 aliphatic heterocycles. The summed E-state index contributed by atoms with van der Waals surface area (Å²) in [5, 5.41) is 5.88. The van der Waals surface area contributed by atoms with Gasteiger partial charge in [0.2, 0.25) is 5.95 Å². The zero-order valence-electron chi connectivity index (χ0n) is 16.4. The van der Waals surface area contributed by atoms with E-state index in [1.807, 2.05) is 24.3 Å². The Morgan fingerprint density at radius 2 is 1.57 bits per heavy atom. The van der Waals surface area contributed by atoms with E-state index in [1.165, 1.54) is 5.56 Å². The number of aryl methyl sites for hydroxylation is 1. The van der Waals surface area contributed by atoms with Crippen LogP contribution < -0.4 is 15.5 Å². The molecule has 2 aromatic rings. The Balaban J connectivity index is 1.20. The summed E-state index contributed by atoms with van der Waals surface area (Å²) in [6.45, 7) is 6.29. The van der Waals surface area contributed by atoms with Crippen LogP contribution in [-0.4, -0.2) is 66.7 Å². The number of nitrogens with one attached hydrogen (secondary N) is 2. The Morgan fingerprint density at radius 3 is 2.29 bits per heavy atom. The average molecular weight is 383 g/mol. The Labute approximate surface area is 167 Å². The third kappa shape index (κ3) is 6.81. The smallest absolute Gasteiger partial charge is 0.314 e. The molecule has 0 bridgehead atoms. The fraction of sp³-hybridized carbons (Fsp3) is 0.476. The lowest BCUT2D eigenvalue weighted by molar-refractivity contribution is 0.235. The van der Waals surface area contributed by atoms with Crippen LogP contribution in [0.5, 0.6) is 0 Å². The fourth-order valence-corrected chi connectivity index (χ4v) is 3.33. The summed E-state index contributed by atoms with van der Waals surface area (Å²) in [4.78, 5) is 25.1. The lowest BCUT2D eigenvalue weighted by Crippen LogP contribution is -2.47. The van der Waals surface area contributed by atoms with Crippen molar-refractivity contribution in [1.82, 2.24) is 25.5 Å². The van der Waals surface area contributed by atoms with Crippen molar-refractivity contribution < 1.29 is 4.79 Å². The van der Waals surface area contributed by atoms with Crippen LogP contribution in [-0.2, 0) is 6.42 Å². The SMILES string of the molecule is O=C(NCCCc1ccccc1)NCCCN1CCN(c2ncccn2)CC1. The topological polar surface area (TPSA) is 73.4 Å². The quantitative estimate of drug-likeness (QED) is 0.648. The van der Waals surface area contributed by atoms with E-state index >= 15 is 0 Å². The first-order chi connectivity index (χ1) is 13.8. The van der Waals surface area contributed by atoms with Gasteiger partial charge >= 0.3 is 6.03 Å². The summed E-state index contributed by atoms with van der Waals surface area (Å²) in [6, 6.07) is 12.1. The Morgan fingerprint density at radius 1 is 0.893 bits per heavy atom. The number of amides is 2. The lowest BCUT2D eigenvalue weighted by atomic mass is 10.1. The van der Waals surface area contributed by atoms with Crippen molar-refractivity contribution in [3.8, 4) is 0 Å². The average Bonchev–Trinajstić information content (AvgIpc) is 2.76. The van der Waals surface area contributed by atoms with E-state index in [1.54, 1.807) is 12.4 Å². The van der Waals surface area contributed by atoms with Gasteiger partial charge in [-0.1, -0.05) is 30.3 Å². The minimum Gasteiger partial charge on any atom is -0.338 e. The molecule has 150 valence electrons. The van der Waals surface area contributed by atoms with Gasteiger partial charge in [0.25, 0.3) is 0 Å². The molecule has 0 atom stereocenters. The van der Waals surface area contributed by atoms with Crippen molar-refractivity contribution in [1.29, 1.82) is 0 Å². The van der Waals surface area contributed by atoms with Crippen LogP contribution in [0.3, 0.4) is 0 Å². The van der Waals surface area contributed by atoms with Crippen molar-refractivity contribution in [2.24, 2.45) is 0 Å². The van der Waals surface area contributed by atoms with Gasteiger partial charge in [0.1, 0.15) is 0 Å². The van der Waals surface area contributed by atoms with Crippen molar-refractivity contribution in [2.45, 2.75) is 19.3 Å². The number of urea groups is 1. The molecule has 7 nitrogen and oxygen atoms in total. The maximum absolute atomic E-state index is 11.8. The van der Waals surface area contributed by atoms with Gasteiger partial charge in [-0.25, -0.2) is 14.8 Å². The molecule has 28 heavy (non-hydrogen) atoms. The van der Waals surface area contributed by atoms with Gasteiger partial charge in [-0.15, -0.1) is 0 Å². The van der Waals surface area contributed by atoms with Gasteiger partial charge in [0.15, 0.2) is 0 Å². The van der Waals surface area contributed by atoms with Crippen LogP contribution in [0.25, 0.3) is 0 Å². The molecule has 0 saturated carbocycles. The van der Waals surface area contributed by atoms with Gasteiger partial charge in [0.05, 0.1) is 0 Å².